The first-order valence-corrected chi connectivity index (χ1v) is 7.54. The zero-order valence-electron chi connectivity index (χ0n) is 12.0. The zero-order valence-corrected chi connectivity index (χ0v) is 12.0. The van der Waals surface area contributed by atoms with Crippen LogP contribution in [0.2, 0.25) is 0 Å². The molecule has 2 heteroatoms. The van der Waals surface area contributed by atoms with E-state index in [1.807, 2.05) is 0 Å². The lowest BCUT2D eigenvalue weighted by atomic mass is 9.91. The van der Waals surface area contributed by atoms with Crippen molar-refractivity contribution < 1.29 is 4.74 Å². The Bertz CT molecular complexity index is 176. The first-order chi connectivity index (χ1) is 8.22. The molecule has 1 rings (SSSR count). The van der Waals surface area contributed by atoms with Crippen LogP contribution in [-0.4, -0.2) is 25.8 Å². The highest BCUT2D eigenvalue weighted by Gasteiger charge is 2.18. The van der Waals surface area contributed by atoms with E-state index in [0.29, 0.717) is 6.10 Å². The van der Waals surface area contributed by atoms with Gasteiger partial charge in [0.25, 0.3) is 0 Å². The number of rotatable bonds is 9. The zero-order chi connectivity index (χ0) is 12.5. The van der Waals surface area contributed by atoms with E-state index in [4.69, 9.17) is 4.74 Å². The summed E-state index contributed by atoms with van der Waals surface area (Å²) < 4.78 is 5.71. The standard InChI is InChI=1S/C15H31NO/c1-4-9-16-12-14(11-13(2)3)7-8-15-6-5-10-17-15/h13-16H,4-12H2,1-3H3. The maximum Gasteiger partial charge on any atom is 0.0576 e. The summed E-state index contributed by atoms with van der Waals surface area (Å²) in [7, 11) is 0. The molecular weight excluding hydrogens is 210 g/mol. The highest BCUT2D eigenvalue weighted by Crippen LogP contribution is 2.22. The topological polar surface area (TPSA) is 21.3 Å². The molecule has 0 radical (unpaired) electrons. The largest absolute Gasteiger partial charge is 0.378 e. The number of hydrogen-bond donors (Lipinski definition) is 1. The Kier molecular flexibility index (Phi) is 7.87. The summed E-state index contributed by atoms with van der Waals surface area (Å²) in [6, 6.07) is 0. The fourth-order valence-electron chi connectivity index (χ4n) is 2.75. The van der Waals surface area contributed by atoms with Crippen molar-refractivity contribution in [2.24, 2.45) is 11.8 Å². The minimum atomic E-state index is 0.566. The minimum Gasteiger partial charge on any atom is -0.378 e. The number of hydrogen-bond acceptors (Lipinski definition) is 2. The van der Waals surface area contributed by atoms with E-state index in [2.05, 4.69) is 26.1 Å². The summed E-state index contributed by atoms with van der Waals surface area (Å²) in [5.74, 6) is 1.65. The molecule has 1 fully saturated rings. The molecule has 2 unspecified atom stereocenters. The molecule has 1 saturated heterocycles. The predicted octanol–water partition coefficient (Wildman–Crippen LogP) is 3.61. The van der Waals surface area contributed by atoms with Crippen molar-refractivity contribution in [3.05, 3.63) is 0 Å². The van der Waals surface area contributed by atoms with Gasteiger partial charge in [0, 0.05) is 6.61 Å². The van der Waals surface area contributed by atoms with Gasteiger partial charge in [0.15, 0.2) is 0 Å². The molecule has 1 N–H and O–H groups in total. The van der Waals surface area contributed by atoms with Crippen LogP contribution < -0.4 is 5.32 Å². The molecule has 1 aliphatic rings. The van der Waals surface area contributed by atoms with Crippen LogP contribution in [-0.2, 0) is 4.74 Å². The van der Waals surface area contributed by atoms with Gasteiger partial charge in [-0.3, -0.25) is 0 Å². The first-order valence-electron chi connectivity index (χ1n) is 7.54. The van der Waals surface area contributed by atoms with Crippen molar-refractivity contribution in [3.63, 3.8) is 0 Å². The second-order valence-electron chi connectivity index (χ2n) is 5.91. The monoisotopic (exact) mass is 241 g/mol. The second-order valence-corrected chi connectivity index (χ2v) is 5.91. The molecule has 17 heavy (non-hydrogen) atoms. The van der Waals surface area contributed by atoms with Crippen molar-refractivity contribution in [1.29, 1.82) is 0 Å². The van der Waals surface area contributed by atoms with Crippen LogP contribution in [0.5, 0.6) is 0 Å². The van der Waals surface area contributed by atoms with Gasteiger partial charge in [-0.1, -0.05) is 20.8 Å². The van der Waals surface area contributed by atoms with Crippen molar-refractivity contribution in [2.75, 3.05) is 19.7 Å². The van der Waals surface area contributed by atoms with E-state index >= 15 is 0 Å². The van der Waals surface area contributed by atoms with Crippen LogP contribution in [0.25, 0.3) is 0 Å². The van der Waals surface area contributed by atoms with Crippen LogP contribution in [0.3, 0.4) is 0 Å². The summed E-state index contributed by atoms with van der Waals surface area (Å²) in [6.45, 7) is 10.2. The van der Waals surface area contributed by atoms with Gasteiger partial charge in [-0.15, -0.1) is 0 Å². The molecule has 0 saturated carbocycles. The average Bonchev–Trinajstić information content (AvgIpc) is 2.78. The molecule has 1 aliphatic heterocycles. The fourth-order valence-corrected chi connectivity index (χ4v) is 2.75. The second kappa shape index (κ2) is 8.93. The first kappa shape index (κ1) is 15.0. The molecule has 2 atom stereocenters. The molecule has 0 aromatic carbocycles. The predicted molar refractivity (Wildman–Crippen MR) is 74.3 cm³/mol. The lowest BCUT2D eigenvalue weighted by Crippen LogP contribution is -2.25. The molecule has 0 spiro atoms. The summed E-state index contributed by atoms with van der Waals surface area (Å²) in [5.41, 5.74) is 0. The van der Waals surface area contributed by atoms with E-state index < -0.39 is 0 Å². The Morgan fingerprint density at radius 2 is 2.18 bits per heavy atom. The Labute approximate surface area is 108 Å². The van der Waals surface area contributed by atoms with Gasteiger partial charge in [-0.05, 0) is 63.5 Å². The molecule has 1 heterocycles. The molecule has 2 nitrogen and oxygen atoms in total. The van der Waals surface area contributed by atoms with Crippen LogP contribution in [0.1, 0.15) is 59.3 Å². The molecule has 102 valence electrons. The SMILES string of the molecule is CCCNCC(CCC1CCCO1)CC(C)C. The van der Waals surface area contributed by atoms with E-state index in [1.54, 1.807) is 0 Å². The maximum absolute atomic E-state index is 5.71. The van der Waals surface area contributed by atoms with E-state index in [-0.39, 0.29) is 0 Å². The molecule has 0 aromatic rings. The van der Waals surface area contributed by atoms with Crippen LogP contribution in [0, 0.1) is 11.8 Å². The minimum absolute atomic E-state index is 0.566. The summed E-state index contributed by atoms with van der Waals surface area (Å²) >= 11 is 0. The summed E-state index contributed by atoms with van der Waals surface area (Å²) in [5, 5.41) is 3.58. The quantitative estimate of drug-likeness (QED) is 0.623. The van der Waals surface area contributed by atoms with Gasteiger partial charge in [0.2, 0.25) is 0 Å². The van der Waals surface area contributed by atoms with Gasteiger partial charge >= 0.3 is 0 Å². The third kappa shape index (κ3) is 7.05. The van der Waals surface area contributed by atoms with Gasteiger partial charge in [0.1, 0.15) is 0 Å². The Morgan fingerprint density at radius 3 is 2.76 bits per heavy atom. The maximum atomic E-state index is 5.71. The fraction of sp³-hybridized carbons (Fsp3) is 1.00. The average molecular weight is 241 g/mol. The molecule has 0 bridgehead atoms. The Balaban J connectivity index is 2.18. The smallest absolute Gasteiger partial charge is 0.0576 e. The van der Waals surface area contributed by atoms with Crippen LogP contribution in [0.15, 0.2) is 0 Å². The van der Waals surface area contributed by atoms with Crippen molar-refractivity contribution in [3.8, 4) is 0 Å². The van der Waals surface area contributed by atoms with Crippen molar-refractivity contribution in [2.45, 2.75) is 65.4 Å². The third-order valence-corrected chi connectivity index (χ3v) is 3.59. The molecule has 0 aliphatic carbocycles. The number of ether oxygens (including phenoxy) is 1. The van der Waals surface area contributed by atoms with Crippen molar-refractivity contribution >= 4 is 0 Å². The van der Waals surface area contributed by atoms with E-state index in [0.717, 1.165) is 25.0 Å². The lowest BCUT2D eigenvalue weighted by Gasteiger charge is -2.21. The van der Waals surface area contributed by atoms with Crippen molar-refractivity contribution in [1.82, 2.24) is 5.32 Å². The number of nitrogens with one attached hydrogen (secondary N) is 1. The van der Waals surface area contributed by atoms with Gasteiger partial charge < -0.3 is 10.1 Å². The van der Waals surface area contributed by atoms with Crippen LogP contribution >= 0.6 is 0 Å². The highest BCUT2D eigenvalue weighted by atomic mass is 16.5. The Morgan fingerprint density at radius 1 is 1.35 bits per heavy atom. The highest BCUT2D eigenvalue weighted by molar-refractivity contribution is 4.70. The Hall–Kier alpha value is -0.0800. The van der Waals surface area contributed by atoms with Crippen LogP contribution in [0.4, 0.5) is 0 Å². The normalized spacial score (nSPS) is 22.2. The van der Waals surface area contributed by atoms with E-state index in [1.165, 1.54) is 45.1 Å². The summed E-state index contributed by atoms with van der Waals surface area (Å²) in [4.78, 5) is 0. The summed E-state index contributed by atoms with van der Waals surface area (Å²) in [6.07, 6.45) is 8.31. The van der Waals surface area contributed by atoms with Gasteiger partial charge in [0.05, 0.1) is 6.10 Å². The van der Waals surface area contributed by atoms with Gasteiger partial charge in [-0.2, -0.15) is 0 Å². The van der Waals surface area contributed by atoms with Gasteiger partial charge in [-0.25, -0.2) is 0 Å². The molecule has 0 amide bonds. The lowest BCUT2D eigenvalue weighted by molar-refractivity contribution is 0.0968. The molecular formula is C15H31NO. The molecule has 0 aromatic heterocycles. The van der Waals surface area contributed by atoms with E-state index in [9.17, 15) is 0 Å². The third-order valence-electron chi connectivity index (χ3n) is 3.59.